The fraction of sp³-hybridized carbons (Fsp3) is 0.429. The maximum Gasteiger partial charge on any atom is 0.184 e. The third-order valence-electron chi connectivity index (χ3n) is 3.18. The molecular weight excluding hydrogens is 343 g/mol. The largest absolute Gasteiger partial charge is 0.379 e. The number of benzene rings is 1. The first-order chi connectivity index (χ1) is 9.75. The average Bonchev–Trinajstić information content (AvgIpc) is 2.49. The monoisotopic (exact) mass is 364 g/mol. The molecule has 0 spiro atoms. The Morgan fingerprint density at radius 3 is 2.45 bits per heavy atom. The number of ether oxygens (including phenoxy) is 1. The number of nitrogens with two attached hydrogens (primary N) is 1. The molecule has 1 saturated heterocycles. The highest BCUT2D eigenvalue weighted by atomic mass is 35.5. The zero-order chi connectivity index (χ0) is 14.2. The van der Waals surface area contributed by atoms with Gasteiger partial charge < -0.3 is 10.5 Å². The predicted molar refractivity (Wildman–Crippen MR) is 99.3 cm³/mol. The summed E-state index contributed by atoms with van der Waals surface area (Å²) in [6.45, 7) is 4.53. The van der Waals surface area contributed by atoms with Crippen molar-refractivity contribution in [2.75, 3.05) is 32.8 Å². The topological polar surface area (TPSA) is 62.9 Å². The molecule has 1 aliphatic rings. The molecule has 22 heavy (non-hydrogen) atoms. The van der Waals surface area contributed by atoms with Gasteiger partial charge in [-0.25, -0.2) is 0 Å². The lowest BCUT2D eigenvalue weighted by Gasteiger charge is -2.26. The van der Waals surface area contributed by atoms with Crippen LogP contribution in [0.5, 0.6) is 0 Å². The number of morpholine rings is 1. The van der Waals surface area contributed by atoms with Crippen molar-refractivity contribution in [3.63, 3.8) is 0 Å². The van der Waals surface area contributed by atoms with Crippen molar-refractivity contribution in [2.45, 2.75) is 6.42 Å². The number of rotatable bonds is 5. The molecule has 0 amide bonds. The van der Waals surface area contributed by atoms with E-state index in [1.807, 2.05) is 30.3 Å². The Labute approximate surface area is 149 Å². The summed E-state index contributed by atoms with van der Waals surface area (Å²) in [5.41, 5.74) is 10.2. The summed E-state index contributed by atoms with van der Waals surface area (Å²) in [7, 11) is 0. The Morgan fingerprint density at radius 2 is 1.86 bits per heavy atom. The van der Waals surface area contributed by atoms with Gasteiger partial charge in [-0.2, -0.15) is 5.10 Å². The van der Waals surface area contributed by atoms with E-state index in [2.05, 4.69) is 15.4 Å². The lowest BCUT2D eigenvalue weighted by Crippen LogP contribution is -2.37. The number of hydrazone groups is 1. The van der Waals surface area contributed by atoms with Gasteiger partial charge in [0.25, 0.3) is 0 Å². The van der Waals surface area contributed by atoms with Crippen LogP contribution in [0, 0.1) is 0 Å². The normalized spacial score (nSPS) is 15.4. The molecule has 1 aliphatic heterocycles. The number of thiocarbonyl (C=S) groups is 1. The van der Waals surface area contributed by atoms with E-state index in [0.717, 1.165) is 50.5 Å². The van der Waals surface area contributed by atoms with Crippen LogP contribution < -0.4 is 11.2 Å². The lowest BCUT2D eigenvalue weighted by atomic mass is 10.1. The fourth-order valence-corrected chi connectivity index (χ4v) is 2.15. The molecular formula is C14H22Cl2N4OS. The van der Waals surface area contributed by atoms with Crippen LogP contribution in [0.15, 0.2) is 35.4 Å². The first kappa shape index (κ1) is 21.1. The minimum atomic E-state index is 0. The second kappa shape index (κ2) is 11.6. The zero-order valence-electron chi connectivity index (χ0n) is 12.2. The van der Waals surface area contributed by atoms with Gasteiger partial charge in [0.1, 0.15) is 0 Å². The second-order valence-corrected chi connectivity index (χ2v) is 5.04. The summed E-state index contributed by atoms with van der Waals surface area (Å²) in [5.74, 6) is 0. The average molecular weight is 365 g/mol. The third kappa shape index (κ3) is 7.38. The molecule has 1 fully saturated rings. The number of hydrogen-bond acceptors (Lipinski definition) is 4. The summed E-state index contributed by atoms with van der Waals surface area (Å²) >= 11 is 4.81. The molecule has 0 unspecified atom stereocenters. The molecule has 0 atom stereocenters. The number of hydrogen-bond donors (Lipinski definition) is 2. The van der Waals surface area contributed by atoms with E-state index in [1.54, 1.807) is 0 Å². The standard InChI is InChI=1S/C14H20N4OS.2ClH/c15-14(20)17-16-13(12-4-2-1-3-5-12)6-7-18-8-10-19-11-9-18;;/h1-5H,6-11H2,(H3,15,17,20);2*1H. The molecule has 0 aliphatic carbocycles. The Balaban J connectivity index is 0.00000220. The van der Waals surface area contributed by atoms with E-state index in [4.69, 9.17) is 22.7 Å². The first-order valence-corrected chi connectivity index (χ1v) is 7.14. The molecule has 2 rings (SSSR count). The maximum absolute atomic E-state index is 5.44. The smallest absolute Gasteiger partial charge is 0.184 e. The number of nitrogens with one attached hydrogen (secondary N) is 1. The van der Waals surface area contributed by atoms with Crippen LogP contribution in [0.4, 0.5) is 0 Å². The van der Waals surface area contributed by atoms with Gasteiger partial charge in [-0.1, -0.05) is 30.3 Å². The summed E-state index contributed by atoms with van der Waals surface area (Å²) in [6, 6.07) is 10.1. The van der Waals surface area contributed by atoms with Gasteiger partial charge in [0.05, 0.1) is 18.9 Å². The van der Waals surface area contributed by atoms with Crippen molar-refractivity contribution in [1.82, 2.24) is 10.3 Å². The van der Waals surface area contributed by atoms with Gasteiger partial charge in [-0.05, 0) is 17.8 Å². The molecule has 1 aromatic rings. The van der Waals surface area contributed by atoms with Crippen molar-refractivity contribution in [2.24, 2.45) is 10.8 Å². The van der Waals surface area contributed by atoms with Gasteiger partial charge in [0.2, 0.25) is 0 Å². The Morgan fingerprint density at radius 1 is 1.23 bits per heavy atom. The van der Waals surface area contributed by atoms with E-state index in [0.29, 0.717) is 0 Å². The Hall–Kier alpha value is -0.920. The highest BCUT2D eigenvalue weighted by molar-refractivity contribution is 7.80. The summed E-state index contributed by atoms with van der Waals surface area (Å²) in [5, 5.41) is 4.51. The molecule has 0 radical (unpaired) electrons. The molecule has 0 bridgehead atoms. The van der Waals surface area contributed by atoms with Crippen molar-refractivity contribution in [3.8, 4) is 0 Å². The highest BCUT2D eigenvalue weighted by Crippen LogP contribution is 2.06. The van der Waals surface area contributed by atoms with Crippen molar-refractivity contribution in [1.29, 1.82) is 0 Å². The quantitative estimate of drug-likeness (QED) is 0.473. The minimum absolute atomic E-state index is 0. The van der Waals surface area contributed by atoms with Crippen LogP contribution in [0.2, 0.25) is 0 Å². The van der Waals surface area contributed by atoms with Crippen LogP contribution in [-0.2, 0) is 4.74 Å². The van der Waals surface area contributed by atoms with E-state index < -0.39 is 0 Å². The molecule has 124 valence electrons. The molecule has 1 aromatic carbocycles. The van der Waals surface area contributed by atoms with Gasteiger partial charge in [0.15, 0.2) is 5.11 Å². The van der Waals surface area contributed by atoms with Crippen LogP contribution in [0.1, 0.15) is 12.0 Å². The van der Waals surface area contributed by atoms with Crippen molar-refractivity contribution >= 4 is 47.9 Å². The molecule has 1 heterocycles. The van der Waals surface area contributed by atoms with Gasteiger partial charge in [-0.15, -0.1) is 24.8 Å². The SMILES string of the molecule is Cl.Cl.NC(=S)NN=C(CCN1CCOCC1)c1ccccc1. The predicted octanol–water partition coefficient (Wildman–Crippen LogP) is 1.79. The Bertz CT molecular complexity index is 467. The first-order valence-electron chi connectivity index (χ1n) is 6.73. The van der Waals surface area contributed by atoms with E-state index in [9.17, 15) is 0 Å². The summed E-state index contributed by atoms with van der Waals surface area (Å²) in [6.07, 6.45) is 0.847. The van der Waals surface area contributed by atoms with E-state index >= 15 is 0 Å². The molecule has 0 aromatic heterocycles. The van der Waals surface area contributed by atoms with Crippen LogP contribution in [0.3, 0.4) is 0 Å². The molecule has 8 heteroatoms. The summed E-state index contributed by atoms with van der Waals surface area (Å²) < 4.78 is 5.35. The van der Waals surface area contributed by atoms with Crippen LogP contribution in [-0.4, -0.2) is 48.6 Å². The Kier molecular flexibility index (Phi) is 11.1. The van der Waals surface area contributed by atoms with Gasteiger partial charge in [0, 0.05) is 26.1 Å². The van der Waals surface area contributed by atoms with Gasteiger partial charge >= 0.3 is 0 Å². The van der Waals surface area contributed by atoms with Crippen LogP contribution >= 0.6 is 37.0 Å². The minimum Gasteiger partial charge on any atom is -0.379 e. The second-order valence-electron chi connectivity index (χ2n) is 4.60. The molecule has 0 saturated carbocycles. The van der Waals surface area contributed by atoms with E-state index in [1.165, 1.54) is 0 Å². The highest BCUT2D eigenvalue weighted by Gasteiger charge is 2.12. The summed E-state index contributed by atoms with van der Waals surface area (Å²) in [4.78, 5) is 2.38. The number of nitrogens with zero attached hydrogens (tertiary/aromatic N) is 2. The number of halogens is 2. The lowest BCUT2D eigenvalue weighted by molar-refractivity contribution is 0.0392. The van der Waals surface area contributed by atoms with Crippen molar-refractivity contribution in [3.05, 3.63) is 35.9 Å². The maximum atomic E-state index is 5.44. The van der Waals surface area contributed by atoms with Crippen molar-refractivity contribution < 1.29 is 4.74 Å². The third-order valence-corrected chi connectivity index (χ3v) is 3.27. The van der Waals surface area contributed by atoms with Gasteiger partial charge in [-0.3, -0.25) is 10.3 Å². The van der Waals surface area contributed by atoms with E-state index in [-0.39, 0.29) is 29.9 Å². The fourth-order valence-electron chi connectivity index (χ4n) is 2.11. The zero-order valence-corrected chi connectivity index (χ0v) is 14.7. The molecule has 3 N–H and O–H groups in total. The van der Waals surface area contributed by atoms with Crippen LogP contribution in [0.25, 0.3) is 0 Å². The molecule has 5 nitrogen and oxygen atoms in total.